The Balaban J connectivity index is 0.00000220. The number of nitrogens with two attached hydrogens (primary N) is 1. The lowest BCUT2D eigenvalue weighted by Crippen LogP contribution is -2.37. The van der Waals surface area contributed by atoms with Gasteiger partial charge in [0.05, 0.1) is 5.41 Å². The van der Waals surface area contributed by atoms with Crippen LogP contribution >= 0.6 is 12.4 Å². The zero-order valence-corrected chi connectivity index (χ0v) is 13.4. The highest BCUT2D eigenvalue weighted by atomic mass is 35.5. The first-order valence-corrected chi connectivity index (χ1v) is 6.78. The summed E-state index contributed by atoms with van der Waals surface area (Å²) in [6.07, 6.45) is 0.818. The number of hydrogen-bond acceptors (Lipinski definition) is 3. The van der Waals surface area contributed by atoms with E-state index in [9.17, 15) is 9.59 Å². The molecule has 1 aromatic rings. The van der Waals surface area contributed by atoms with Gasteiger partial charge in [0.2, 0.25) is 11.8 Å². The number of halogens is 1. The topological polar surface area (TPSA) is 75.4 Å². The van der Waals surface area contributed by atoms with Crippen LogP contribution in [0.3, 0.4) is 0 Å². The molecule has 0 radical (unpaired) electrons. The minimum Gasteiger partial charge on any atom is -0.329 e. The summed E-state index contributed by atoms with van der Waals surface area (Å²) in [6.45, 7) is 6.19. The lowest BCUT2D eigenvalue weighted by molar-refractivity contribution is -0.123. The molecule has 0 saturated carbocycles. The summed E-state index contributed by atoms with van der Waals surface area (Å²) in [5.41, 5.74) is 7.78. The Hall–Kier alpha value is -1.59. The molecule has 0 bridgehead atoms. The van der Waals surface area contributed by atoms with E-state index in [2.05, 4.69) is 5.32 Å². The molecular formula is C15H22ClN3O2. The van der Waals surface area contributed by atoms with Crippen molar-refractivity contribution in [3.8, 4) is 0 Å². The Bertz CT molecular complexity index is 558. The van der Waals surface area contributed by atoms with E-state index in [0.717, 1.165) is 23.4 Å². The standard InChI is InChI=1S/C15H21N3O2.ClH/c1-10(19)18-7-6-11-8-12(4-5-13(11)18)17-14(20)15(2,3)9-16;/h4-5,8H,6-7,9,16H2,1-3H3,(H,17,20);1H. The van der Waals surface area contributed by atoms with Crippen LogP contribution in [0.5, 0.6) is 0 Å². The van der Waals surface area contributed by atoms with Crippen molar-refractivity contribution in [1.82, 2.24) is 0 Å². The van der Waals surface area contributed by atoms with Gasteiger partial charge < -0.3 is 16.0 Å². The molecule has 2 amide bonds. The molecule has 116 valence electrons. The van der Waals surface area contributed by atoms with Crippen molar-refractivity contribution in [3.05, 3.63) is 23.8 Å². The van der Waals surface area contributed by atoms with Crippen LogP contribution in [-0.2, 0) is 16.0 Å². The van der Waals surface area contributed by atoms with Crippen LogP contribution in [0.15, 0.2) is 18.2 Å². The lowest BCUT2D eigenvalue weighted by atomic mass is 9.92. The van der Waals surface area contributed by atoms with E-state index in [-0.39, 0.29) is 24.2 Å². The summed E-state index contributed by atoms with van der Waals surface area (Å²) in [5.74, 6) is -0.0498. The van der Waals surface area contributed by atoms with Crippen molar-refractivity contribution in [3.63, 3.8) is 0 Å². The first kappa shape index (κ1) is 17.5. The summed E-state index contributed by atoms with van der Waals surface area (Å²) in [5, 5.41) is 2.88. The van der Waals surface area contributed by atoms with E-state index in [1.54, 1.807) is 11.8 Å². The molecule has 6 heteroatoms. The highest BCUT2D eigenvalue weighted by molar-refractivity contribution is 5.97. The number of benzene rings is 1. The van der Waals surface area contributed by atoms with Crippen LogP contribution in [0, 0.1) is 5.41 Å². The number of fused-ring (bicyclic) bond motifs is 1. The van der Waals surface area contributed by atoms with E-state index in [4.69, 9.17) is 5.73 Å². The van der Waals surface area contributed by atoms with Crippen LogP contribution in [0.2, 0.25) is 0 Å². The molecule has 0 saturated heterocycles. The predicted molar refractivity (Wildman–Crippen MR) is 86.9 cm³/mol. The second-order valence-corrected chi connectivity index (χ2v) is 5.81. The maximum Gasteiger partial charge on any atom is 0.231 e. The Labute approximate surface area is 131 Å². The number of amides is 2. The van der Waals surface area contributed by atoms with Gasteiger partial charge in [0.1, 0.15) is 0 Å². The van der Waals surface area contributed by atoms with Crippen LogP contribution in [-0.4, -0.2) is 24.9 Å². The zero-order valence-electron chi connectivity index (χ0n) is 12.6. The second-order valence-electron chi connectivity index (χ2n) is 5.81. The average molecular weight is 312 g/mol. The second kappa shape index (κ2) is 6.45. The summed E-state index contributed by atoms with van der Waals surface area (Å²) in [6, 6.07) is 5.64. The van der Waals surface area contributed by atoms with Crippen molar-refractivity contribution < 1.29 is 9.59 Å². The van der Waals surface area contributed by atoms with Gasteiger partial charge in [-0.15, -0.1) is 12.4 Å². The Morgan fingerprint density at radius 3 is 2.62 bits per heavy atom. The van der Waals surface area contributed by atoms with E-state index in [1.807, 2.05) is 32.0 Å². The normalized spacial score (nSPS) is 13.4. The highest BCUT2D eigenvalue weighted by Gasteiger charge is 2.27. The fourth-order valence-corrected chi connectivity index (χ4v) is 2.20. The molecule has 3 N–H and O–H groups in total. The average Bonchev–Trinajstić information content (AvgIpc) is 2.81. The third-order valence-corrected chi connectivity index (χ3v) is 3.74. The van der Waals surface area contributed by atoms with Gasteiger partial charge in [-0.1, -0.05) is 0 Å². The van der Waals surface area contributed by atoms with Gasteiger partial charge in [0.15, 0.2) is 0 Å². The van der Waals surface area contributed by atoms with Crippen molar-refractivity contribution in [2.24, 2.45) is 11.1 Å². The van der Waals surface area contributed by atoms with Crippen molar-refractivity contribution in [2.45, 2.75) is 27.2 Å². The zero-order chi connectivity index (χ0) is 14.9. The Kier molecular flexibility index (Phi) is 5.36. The molecule has 1 aliphatic rings. The Morgan fingerprint density at radius 1 is 1.38 bits per heavy atom. The SMILES string of the molecule is CC(=O)N1CCc2cc(NC(=O)C(C)(C)CN)ccc21.Cl. The lowest BCUT2D eigenvalue weighted by Gasteiger charge is -2.21. The molecule has 0 aromatic heterocycles. The fourth-order valence-electron chi connectivity index (χ4n) is 2.20. The van der Waals surface area contributed by atoms with Gasteiger partial charge in [-0.05, 0) is 44.0 Å². The number of carbonyl (C=O) groups is 2. The van der Waals surface area contributed by atoms with Gasteiger partial charge in [-0.25, -0.2) is 0 Å². The van der Waals surface area contributed by atoms with Gasteiger partial charge >= 0.3 is 0 Å². The van der Waals surface area contributed by atoms with Gasteiger partial charge in [-0.2, -0.15) is 0 Å². The van der Waals surface area contributed by atoms with Crippen LogP contribution in [0.25, 0.3) is 0 Å². The highest BCUT2D eigenvalue weighted by Crippen LogP contribution is 2.31. The molecule has 1 aliphatic heterocycles. The first-order valence-electron chi connectivity index (χ1n) is 6.78. The number of anilines is 2. The molecule has 0 aliphatic carbocycles. The summed E-state index contributed by atoms with van der Waals surface area (Å²) in [7, 11) is 0. The van der Waals surface area contributed by atoms with E-state index >= 15 is 0 Å². The van der Waals surface area contributed by atoms with Crippen molar-refractivity contribution in [1.29, 1.82) is 0 Å². The smallest absolute Gasteiger partial charge is 0.231 e. The fraction of sp³-hybridized carbons (Fsp3) is 0.467. The predicted octanol–water partition coefficient (Wildman–Crippen LogP) is 1.94. The summed E-state index contributed by atoms with van der Waals surface area (Å²) in [4.78, 5) is 25.3. The van der Waals surface area contributed by atoms with E-state index in [1.165, 1.54) is 0 Å². The molecule has 2 rings (SSSR count). The molecule has 0 fully saturated rings. The molecule has 21 heavy (non-hydrogen) atoms. The molecule has 0 atom stereocenters. The van der Waals surface area contributed by atoms with Crippen molar-refractivity contribution in [2.75, 3.05) is 23.3 Å². The molecule has 0 spiro atoms. The molecular weight excluding hydrogens is 290 g/mol. The minimum atomic E-state index is -0.593. The maximum atomic E-state index is 12.1. The van der Waals surface area contributed by atoms with Gasteiger partial charge in [-0.3, -0.25) is 9.59 Å². The number of hydrogen-bond donors (Lipinski definition) is 2. The summed E-state index contributed by atoms with van der Waals surface area (Å²) < 4.78 is 0. The monoisotopic (exact) mass is 311 g/mol. The van der Waals surface area contributed by atoms with Gasteiger partial charge in [0.25, 0.3) is 0 Å². The maximum absolute atomic E-state index is 12.1. The van der Waals surface area contributed by atoms with Crippen LogP contribution in [0.1, 0.15) is 26.3 Å². The van der Waals surface area contributed by atoms with E-state index in [0.29, 0.717) is 13.1 Å². The molecule has 0 unspecified atom stereocenters. The van der Waals surface area contributed by atoms with Crippen LogP contribution < -0.4 is 16.0 Å². The summed E-state index contributed by atoms with van der Waals surface area (Å²) >= 11 is 0. The quantitative estimate of drug-likeness (QED) is 0.895. The number of carbonyl (C=O) groups excluding carboxylic acids is 2. The molecule has 5 nitrogen and oxygen atoms in total. The van der Waals surface area contributed by atoms with E-state index < -0.39 is 5.41 Å². The molecule has 1 aromatic carbocycles. The first-order chi connectivity index (χ1) is 9.35. The minimum absolute atomic E-state index is 0. The van der Waals surface area contributed by atoms with Crippen LogP contribution in [0.4, 0.5) is 11.4 Å². The number of nitrogens with one attached hydrogen (secondary N) is 1. The molecule has 1 heterocycles. The number of nitrogens with zero attached hydrogens (tertiary/aromatic N) is 1. The third kappa shape index (κ3) is 3.54. The van der Waals surface area contributed by atoms with Crippen molar-refractivity contribution >= 4 is 35.6 Å². The Morgan fingerprint density at radius 2 is 2.05 bits per heavy atom. The number of rotatable bonds is 3. The third-order valence-electron chi connectivity index (χ3n) is 3.74. The van der Waals surface area contributed by atoms with Gasteiger partial charge in [0, 0.05) is 31.4 Å². The largest absolute Gasteiger partial charge is 0.329 e.